The number of benzene rings is 1. The Morgan fingerprint density at radius 1 is 1.33 bits per heavy atom. The minimum atomic E-state index is -0.529. The van der Waals surface area contributed by atoms with E-state index >= 15 is 0 Å². The average Bonchev–Trinajstić information content (AvgIpc) is 2.05. The molecule has 0 N–H and O–H groups in total. The third-order valence-electron chi connectivity index (χ3n) is 1.68. The Labute approximate surface area is 72.8 Å². The molecule has 0 saturated heterocycles. The van der Waals surface area contributed by atoms with Crippen molar-refractivity contribution in [3.8, 4) is 5.75 Å². The number of methoxy groups -OCH3 is 1. The van der Waals surface area contributed by atoms with Crippen molar-refractivity contribution in [1.29, 1.82) is 0 Å². The SMILES string of the molecule is COc1ccc(CC(C)[O])cc1. The molecule has 0 aliphatic carbocycles. The third-order valence-corrected chi connectivity index (χ3v) is 1.68. The number of ether oxygens (including phenoxy) is 1. The van der Waals surface area contributed by atoms with Gasteiger partial charge in [-0.2, -0.15) is 0 Å². The zero-order chi connectivity index (χ0) is 8.97. The molecule has 0 aliphatic heterocycles. The molecule has 2 heteroatoms. The Bertz CT molecular complexity index is 226. The zero-order valence-electron chi connectivity index (χ0n) is 7.41. The predicted molar refractivity (Wildman–Crippen MR) is 46.8 cm³/mol. The minimum absolute atomic E-state index is 0.529. The van der Waals surface area contributed by atoms with Gasteiger partial charge in [0.15, 0.2) is 0 Å². The van der Waals surface area contributed by atoms with Crippen LogP contribution in [0.5, 0.6) is 5.75 Å². The van der Waals surface area contributed by atoms with E-state index in [1.54, 1.807) is 14.0 Å². The van der Waals surface area contributed by atoms with Crippen molar-refractivity contribution >= 4 is 0 Å². The maximum Gasteiger partial charge on any atom is 0.118 e. The highest BCUT2D eigenvalue weighted by Gasteiger charge is 1.99. The lowest BCUT2D eigenvalue weighted by Crippen LogP contribution is -2.01. The van der Waals surface area contributed by atoms with Gasteiger partial charge in [-0.05, 0) is 24.6 Å². The van der Waals surface area contributed by atoms with Crippen molar-refractivity contribution in [1.82, 2.24) is 0 Å². The summed E-state index contributed by atoms with van der Waals surface area (Å²) in [6, 6.07) is 7.59. The summed E-state index contributed by atoms with van der Waals surface area (Å²) in [5.41, 5.74) is 1.07. The van der Waals surface area contributed by atoms with E-state index in [-0.39, 0.29) is 0 Å². The van der Waals surface area contributed by atoms with Crippen LogP contribution >= 0.6 is 0 Å². The van der Waals surface area contributed by atoms with E-state index in [2.05, 4.69) is 0 Å². The Kier molecular flexibility index (Phi) is 3.11. The van der Waals surface area contributed by atoms with Crippen LogP contribution in [0, 0.1) is 0 Å². The molecule has 1 aromatic carbocycles. The summed E-state index contributed by atoms with van der Waals surface area (Å²) in [6.45, 7) is 1.67. The summed E-state index contributed by atoms with van der Waals surface area (Å²) >= 11 is 0. The van der Waals surface area contributed by atoms with Crippen molar-refractivity contribution < 1.29 is 9.84 Å². The van der Waals surface area contributed by atoms with Gasteiger partial charge in [-0.1, -0.05) is 12.1 Å². The van der Waals surface area contributed by atoms with E-state index < -0.39 is 6.10 Å². The first kappa shape index (κ1) is 9.07. The fraction of sp³-hybridized carbons (Fsp3) is 0.400. The first-order valence-electron chi connectivity index (χ1n) is 4.01. The van der Waals surface area contributed by atoms with Gasteiger partial charge in [-0.25, -0.2) is 5.11 Å². The number of hydrogen-bond acceptors (Lipinski definition) is 1. The quantitative estimate of drug-likeness (QED) is 0.674. The summed E-state index contributed by atoms with van der Waals surface area (Å²) in [7, 11) is 1.63. The standard InChI is InChI=1S/C10H13O2/c1-8(11)7-9-3-5-10(12-2)6-4-9/h3-6,8H,7H2,1-2H3. The first-order chi connectivity index (χ1) is 5.72. The van der Waals surface area contributed by atoms with Gasteiger partial charge in [0.1, 0.15) is 5.75 Å². The van der Waals surface area contributed by atoms with Crippen LogP contribution in [0.2, 0.25) is 0 Å². The van der Waals surface area contributed by atoms with Crippen molar-refractivity contribution in [2.75, 3.05) is 7.11 Å². The third kappa shape index (κ3) is 2.55. The summed E-state index contributed by atoms with van der Waals surface area (Å²) in [6.07, 6.45) is 0.0580. The Morgan fingerprint density at radius 2 is 1.92 bits per heavy atom. The lowest BCUT2D eigenvalue weighted by Gasteiger charge is -2.03. The molecular weight excluding hydrogens is 152 g/mol. The molecule has 0 amide bonds. The highest BCUT2D eigenvalue weighted by atomic mass is 16.5. The Balaban J connectivity index is 2.65. The van der Waals surface area contributed by atoms with Gasteiger partial charge in [-0.3, -0.25) is 0 Å². The molecule has 0 fully saturated rings. The Morgan fingerprint density at radius 3 is 2.33 bits per heavy atom. The molecule has 0 heterocycles. The van der Waals surface area contributed by atoms with Gasteiger partial charge in [-0.15, -0.1) is 0 Å². The molecular formula is C10H13O2. The summed E-state index contributed by atoms with van der Waals surface area (Å²) in [5.74, 6) is 0.831. The van der Waals surface area contributed by atoms with Gasteiger partial charge < -0.3 is 4.74 Å². The average molecular weight is 165 g/mol. The largest absolute Gasteiger partial charge is 0.497 e. The zero-order valence-corrected chi connectivity index (χ0v) is 7.41. The molecule has 0 bridgehead atoms. The predicted octanol–water partition coefficient (Wildman–Crippen LogP) is 2.06. The van der Waals surface area contributed by atoms with Crippen LogP contribution in [0.15, 0.2) is 24.3 Å². The molecule has 2 nitrogen and oxygen atoms in total. The lowest BCUT2D eigenvalue weighted by atomic mass is 10.1. The molecule has 1 rings (SSSR count). The van der Waals surface area contributed by atoms with Gasteiger partial charge >= 0.3 is 0 Å². The smallest absolute Gasteiger partial charge is 0.118 e. The van der Waals surface area contributed by atoms with Crippen LogP contribution in [0.4, 0.5) is 0 Å². The number of hydrogen-bond donors (Lipinski definition) is 0. The molecule has 12 heavy (non-hydrogen) atoms. The molecule has 0 saturated carbocycles. The van der Waals surface area contributed by atoms with Crippen LogP contribution in [0.25, 0.3) is 0 Å². The van der Waals surface area contributed by atoms with Crippen LogP contribution in [-0.4, -0.2) is 13.2 Å². The molecule has 1 aromatic rings. The normalized spacial score (nSPS) is 12.6. The number of rotatable bonds is 3. The summed E-state index contributed by atoms with van der Waals surface area (Å²) in [5, 5.41) is 10.8. The van der Waals surface area contributed by atoms with Gasteiger partial charge in [0.25, 0.3) is 0 Å². The lowest BCUT2D eigenvalue weighted by molar-refractivity contribution is 0.106. The minimum Gasteiger partial charge on any atom is -0.497 e. The molecule has 0 aromatic heterocycles. The fourth-order valence-electron chi connectivity index (χ4n) is 1.09. The molecule has 0 aliphatic rings. The van der Waals surface area contributed by atoms with E-state index in [0.717, 1.165) is 11.3 Å². The van der Waals surface area contributed by atoms with Gasteiger partial charge in [0, 0.05) is 6.42 Å². The van der Waals surface area contributed by atoms with E-state index in [1.807, 2.05) is 24.3 Å². The van der Waals surface area contributed by atoms with Gasteiger partial charge in [0.2, 0.25) is 0 Å². The molecule has 1 atom stereocenters. The molecule has 65 valence electrons. The highest BCUT2D eigenvalue weighted by molar-refractivity contribution is 5.27. The van der Waals surface area contributed by atoms with E-state index in [4.69, 9.17) is 4.74 Å². The van der Waals surface area contributed by atoms with E-state index in [9.17, 15) is 5.11 Å². The summed E-state index contributed by atoms with van der Waals surface area (Å²) < 4.78 is 5.00. The highest BCUT2D eigenvalue weighted by Crippen LogP contribution is 2.12. The second-order valence-corrected chi connectivity index (χ2v) is 2.86. The molecule has 0 spiro atoms. The van der Waals surface area contributed by atoms with Crippen LogP contribution in [0.3, 0.4) is 0 Å². The van der Waals surface area contributed by atoms with E-state index in [1.165, 1.54) is 0 Å². The fourth-order valence-corrected chi connectivity index (χ4v) is 1.09. The monoisotopic (exact) mass is 165 g/mol. The maximum atomic E-state index is 10.8. The first-order valence-corrected chi connectivity index (χ1v) is 4.01. The Hall–Kier alpha value is -1.02. The summed E-state index contributed by atoms with van der Waals surface area (Å²) in [4.78, 5) is 0. The molecule has 1 radical (unpaired) electrons. The van der Waals surface area contributed by atoms with Crippen molar-refractivity contribution in [3.05, 3.63) is 29.8 Å². The second-order valence-electron chi connectivity index (χ2n) is 2.86. The maximum absolute atomic E-state index is 10.8. The molecule has 1 unspecified atom stereocenters. The topological polar surface area (TPSA) is 29.1 Å². The van der Waals surface area contributed by atoms with E-state index in [0.29, 0.717) is 6.42 Å². The van der Waals surface area contributed by atoms with Crippen molar-refractivity contribution in [2.24, 2.45) is 0 Å². The second kappa shape index (κ2) is 4.12. The van der Waals surface area contributed by atoms with Crippen LogP contribution in [-0.2, 0) is 11.5 Å². The van der Waals surface area contributed by atoms with Crippen molar-refractivity contribution in [2.45, 2.75) is 19.4 Å². The van der Waals surface area contributed by atoms with Crippen LogP contribution in [0.1, 0.15) is 12.5 Å². The van der Waals surface area contributed by atoms with Crippen molar-refractivity contribution in [3.63, 3.8) is 0 Å². The van der Waals surface area contributed by atoms with Gasteiger partial charge in [0.05, 0.1) is 13.2 Å². The van der Waals surface area contributed by atoms with Crippen LogP contribution < -0.4 is 4.74 Å².